The molecule has 1 atom stereocenters. The van der Waals surface area contributed by atoms with E-state index in [4.69, 9.17) is 10.00 Å². The average Bonchev–Trinajstić information content (AvgIpc) is 3.04. The first-order valence-corrected chi connectivity index (χ1v) is 7.00. The molecule has 1 amide bonds. The van der Waals surface area contributed by atoms with E-state index < -0.39 is 0 Å². The third-order valence-corrected chi connectivity index (χ3v) is 3.53. The Balaban J connectivity index is 1.62. The molecule has 0 aliphatic carbocycles. The van der Waals surface area contributed by atoms with Crippen molar-refractivity contribution in [3.63, 3.8) is 0 Å². The first-order chi connectivity index (χ1) is 10.8. The van der Waals surface area contributed by atoms with Crippen LogP contribution in [0.1, 0.15) is 22.3 Å². The van der Waals surface area contributed by atoms with E-state index >= 15 is 0 Å². The number of benzene rings is 1. The maximum atomic E-state index is 12.4. The fourth-order valence-electron chi connectivity index (χ4n) is 2.40. The molecule has 6 nitrogen and oxygen atoms in total. The molecule has 0 saturated carbocycles. The number of ether oxygens (including phenoxy) is 1. The second kappa shape index (κ2) is 6.22. The van der Waals surface area contributed by atoms with Gasteiger partial charge in [0.2, 0.25) is 5.88 Å². The second-order valence-electron chi connectivity index (χ2n) is 5.03. The van der Waals surface area contributed by atoms with Crippen LogP contribution in [-0.4, -0.2) is 40.2 Å². The summed E-state index contributed by atoms with van der Waals surface area (Å²) in [5.41, 5.74) is 1.13. The minimum absolute atomic E-state index is 0.0465. The molecule has 1 aromatic carbocycles. The van der Waals surface area contributed by atoms with E-state index in [0.29, 0.717) is 30.1 Å². The molecular formula is C16H14N4O2. The summed E-state index contributed by atoms with van der Waals surface area (Å²) in [7, 11) is 0. The van der Waals surface area contributed by atoms with Gasteiger partial charge in [0.05, 0.1) is 18.2 Å². The molecule has 1 saturated heterocycles. The average molecular weight is 294 g/mol. The standard InChI is InChI=1S/C16H14N4O2/c17-10-12-3-5-13(6-4-12)16(21)20-9-7-14(11-20)22-15-2-1-8-18-19-15/h1-6,8,14H,7,9,11H2. The summed E-state index contributed by atoms with van der Waals surface area (Å²) >= 11 is 0. The fourth-order valence-corrected chi connectivity index (χ4v) is 2.40. The number of rotatable bonds is 3. The van der Waals surface area contributed by atoms with Gasteiger partial charge in [0.15, 0.2) is 0 Å². The van der Waals surface area contributed by atoms with Gasteiger partial charge in [-0.3, -0.25) is 4.79 Å². The largest absolute Gasteiger partial charge is 0.471 e. The maximum Gasteiger partial charge on any atom is 0.253 e. The van der Waals surface area contributed by atoms with Gasteiger partial charge in [-0.05, 0) is 30.3 Å². The first kappa shape index (κ1) is 14.0. The van der Waals surface area contributed by atoms with Crippen LogP contribution in [0.25, 0.3) is 0 Å². The lowest BCUT2D eigenvalue weighted by Crippen LogP contribution is -2.31. The molecule has 0 radical (unpaired) electrons. The molecule has 2 heterocycles. The van der Waals surface area contributed by atoms with Crippen LogP contribution in [0.15, 0.2) is 42.6 Å². The van der Waals surface area contributed by atoms with E-state index in [2.05, 4.69) is 10.2 Å². The van der Waals surface area contributed by atoms with Crippen molar-refractivity contribution in [2.45, 2.75) is 12.5 Å². The van der Waals surface area contributed by atoms with Crippen molar-refractivity contribution < 1.29 is 9.53 Å². The Hall–Kier alpha value is -2.94. The molecule has 6 heteroatoms. The van der Waals surface area contributed by atoms with Crippen molar-refractivity contribution in [1.29, 1.82) is 5.26 Å². The predicted molar refractivity (Wildman–Crippen MR) is 78.1 cm³/mol. The fraction of sp³-hybridized carbons (Fsp3) is 0.250. The summed E-state index contributed by atoms with van der Waals surface area (Å²) in [5, 5.41) is 16.4. The van der Waals surface area contributed by atoms with Crippen molar-refractivity contribution >= 4 is 5.91 Å². The number of nitrogens with zero attached hydrogens (tertiary/aromatic N) is 4. The highest BCUT2D eigenvalue weighted by atomic mass is 16.5. The zero-order valence-electron chi connectivity index (χ0n) is 11.8. The number of carbonyl (C=O) groups excluding carboxylic acids is 1. The number of amides is 1. The van der Waals surface area contributed by atoms with Crippen LogP contribution in [0, 0.1) is 11.3 Å². The lowest BCUT2D eigenvalue weighted by Gasteiger charge is -2.16. The summed E-state index contributed by atoms with van der Waals surface area (Å²) < 4.78 is 5.72. The van der Waals surface area contributed by atoms with Crippen molar-refractivity contribution in [3.8, 4) is 11.9 Å². The van der Waals surface area contributed by atoms with Crippen molar-refractivity contribution in [2.75, 3.05) is 13.1 Å². The van der Waals surface area contributed by atoms with E-state index in [1.54, 1.807) is 47.5 Å². The van der Waals surface area contributed by atoms with Crippen LogP contribution < -0.4 is 4.74 Å². The molecule has 3 rings (SSSR count). The summed E-state index contributed by atoms with van der Waals surface area (Å²) in [6, 6.07) is 12.2. The third kappa shape index (κ3) is 3.04. The van der Waals surface area contributed by atoms with Crippen LogP contribution >= 0.6 is 0 Å². The highest BCUT2D eigenvalue weighted by Gasteiger charge is 2.28. The van der Waals surface area contributed by atoms with Gasteiger partial charge in [-0.25, -0.2) is 0 Å². The molecule has 0 N–H and O–H groups in total. The van der Waals surface area contributed by atoms with Crippen molar-refractivity contribution in [1.82, 2.24) is 15.1 Å². The number of aromatic nitrogens is 2. The molecule has 1 unspecified atom stereocenters. The SMILES string of the molecule is N#Cc1ccc(C(=O)N2CCC(Oc3cccnn3)C2)cc1. The van der Waals surface area contributed by atoms with Crippen molar-refractivity contribution in [3.05, 3.63) is 53.7 Å². The Morgan fingerprint density at radius 2 is 2.14 bits per heavy atom. The highest BCUT2D eigenvalue weighted by Crippen LogP contribution is 2.18. The first-order valence-electron chi connectivity index (χ1n) is 7.00. The van der Waals surface area contributed by atoms with Gasteiger partial charge < -0.3 is 9.64 Å². The molecule has 1 fully saturated rings. The minimum atomic E-state index is -0.0703. The zero-order chi connectivity index (χ0) is 15.4. The Morgan fingerprint density at radius 1 is 1.32 bits per heavy atom. The normalized spacial score (nSPS) is 17.0. The summed E-state index contributed by atoms with van der Waals surface area (Å²) in [5.74, 6) is 0.426. The van der Waals surface area contributed by atoms with Crippen LogP contribution in [0.3, 0.4) is 0 Å². The maximum absolute atomic E-state index is 12.4. The number of hydrogen-bond acceptors (Lipinski definition) is 5. The van der Waals surface area contributed by atoms with Crippen LogP contribution in [0.5, 0.6) is 5.88 Å². The highest BCUT2D eigenvalue weighted by molar-refractivity contribution is 5.94. The van der Waals surface area contributed by atoms with Gasteiger partial charge in [0.25, 0.3) is 5.91 Å². The van der Waals surface area contributed by atoms with Crippen molar-refractivity contribution in [2.24, 2.45) is 0 Å². The lowest BCUT2D eigenvalue weighted by molar-refractivity contribution is 0.0771. The third-order valence-electron chi connectivity index (χ3n) is 3.53. The molecule has 2 aromatic rings. The Bertz CT molecular complexity index is 694. The number of likely N-dealkylation sites (tertiary alicyclic amines) is 1. The molecule has 1 aliphatic rings. The van der Waals surface area contributed by atoms with Crippen LogP contribution in [0.2, 0.25) is 0 Å². The monoisotopic (exact) mass is 294 g/mol. The summed E-state index contributed by atoms with van der Waals surface area (Å²) in [4.78, 5) is 14.2. The molecule has 1 aromatic heterocycles. The van der Waals surface area contributed by atoms with E-state index in [9.17, 15) is 4.79 Å². The smallest absolute Gasteiger partial charge is 0.253 e. The molecule has 0 bridgehead atoms. The van der Waals surface area contributed by atoms with Gasteiger partial charge >= 0.3 is 0 Å². The predicted octanol–water partition coefficient (Wildman–Crippen LogP) is 1.64. The molecule has 0 spiro atoms. The number of hydrogen-bond donors (Lipinski definition) is 0. The Labute approximate surface area is 128 Å². The number of nitriles is 1. The van der Waals surface area contributed by atoms with Gasteiger partial charge in [0.1, 0.15) is 6.10 Å². The zero-order valence-corrected chi connectivity index (χ0v) is 11.8. The lowest BCUT2D eigenvalue weighted by atomic mass is 10.1. The van der Waals surface area contributed by atoms with Gasteiger partial charge in [-0.2, -0.15) is 10.4 Å². The van der Waals surface area contributed by atoms with Crippen LogP contribution in [-0.2, 0) is 0 Å². The Morgan fingerprint density at radius 3 is 2.82 bits per heavy atom. The summed E-state index contributed by atoms with van der Waals surface area (Å²) in [6.07, 6.45) is 2.28. The number of carbonyl (C=O) groups is 1. The van der Waals surface area contributed by atoms with Gasteiger partial charge in [-0.15, -0.1) is 5.10 Å². The second-order valence-corrected chi connectivity index (χ2v) is 5.03. The summed E-state index contributed by atoms with van der Waals surface area (Å²) in [6.45, 7) is 1.17. The topological polar surface area (TPSA) is 79.1 Å². The molecule has 1 aliphatic heterocycles. The Kier molecular flexibility index (Phi) is 3.97. The minimum Gasteiger partial charge on any atom is -0.471 e. The van der Waals surface area contributed by atoms with E-state index in [-0.39, 0.29) is 12.0 Å². The quantitative estimate of drug-likeness (QED) is 0.860. The van der Waals surface area contributed by atoms with E-state index in [1.807, 2.05) is 6.07 Å². The van der Waals surface area contributed by atoms with E-state index in [0.717, 1.165) is 6.42 Å². The van der Waals surface area contributed by atoms with E-state index in [1.165, 1.54) is 0 Å². The molecular weight excluding hydrogens is 280 g/mol. The molecule has 22 heavy (non-hydrogen) atoms. The molecule has 110 valence electrons. The van der Waals surface area contributed by atoms with Crippen LogP contribution in [0.4, 0.5) is 0 Å². The van der Waals surface area contributed by atoms with Gasteiger partial charge in [-0.1, -0.05) is 0 Å². The van der Waals surface area contributed by atoms with Gasteiger partial charge in [0, 0.05) is 30.8 Å².